The number of fused-ring (bicyclic) bond motifs is 4. The second-order valence-electron chi connectivity index (χ2n) is 9.02. The summed E-state index contributed by atoms with van der Waals surface area (Å²) >= 11 is 11.8. The molecule has 2 aliphatic carbocycles. The van der Waals surface area contributed by atoms with Crippen molar-refractivity contribution in [1.82, 2.24) is 4.90 Å². The van der Waals surface area contributed by atoms with Crippen molar-refractivity contribution < 1.29 is 31.7 Å². The number of alkyl halides is 2. The van der Waals surface area contributed by atoms with E-state index in [1.54, 1.807) is 6.07 Å². The Morgan fingerprint density at radius 3 is 2.41 bits per heavy atom. The fraction of sp³-hybridized carbons (Fsp3) is 0.440. The van der Waals surface area contributed by atoms with Crippen molar-refractivity contribution in [2.75, 3.05) is 51.4 Å². The van der Waals surface area contributed by atoms with Crippen molar-refractivity contribution in [3.8, 4) is 11.5 Å². The molecule has 0 fully saturated rings. The Morgan fingerprint density at radius 1 is 1.08 bits per heavy atom. The summed E-state index contributed by atoms with van der Waals surface area (Å²) in [7, 11) is -2.50. The topological polar surface area (TPSA) is 148 Å². The second kappa shape index (κ2) is 12.1. The van der Waals surface area contributed by atoms with E-state index in [9.17, 15) is 23.5 Å². The highest BCUT2D eigenvalue weighted by molar-refractivity contribution is 7.86. The van der Waals surface area contributed by atoms with Gasteiger partial charge in [-0.05, 0) is 35.4 Å². The quantitative estimate of drug-likeness (QED) is 0.100. The number of ether oxygens (including phenoxy) is 2. The molecule has 0 aliphatic heterocycles. The van der Waals surface area contributed by atoms with Gasteiger partial charge in [0.25, 0.3) is 10.1 Å². The van der Waals surface area contributed by atoms with Gasteiger partial charge in [0.15, 0.2) is 11.6 Å². The zero-order chi connectivity index (χ0) is 28.3. The van der Waals surface area contributed by atoms with Gasteiger partial charge in [0, 0.05) is 70.5 Å². The predicted octanol–water partition coefficient (Wildman–Crippen LogP) is 3.88. The van der Waals surface area contributed by atoms with Crippen LogP contribution in [-0.4, -0.2) is 82.4 Å². The molecular weight excluding hydrogens is 571 g/mol. The summed E-state index contributed by atoms with van der Waals surface area (Å²) in [5.74, 6) is 0.581. The van der Waals surface area contributed by atoms with Crippen LogP contribution in [0.3, 0.4) is 0 Å². The maximum absolute atomic E-state index is 13.7. The lowest BCUT2D eigenvalue weighted by Gasteiger charge is -2.24. The summed E-state index contributed by atoms with van der Waals surface area (Å²) in [5, 5.41) is 3.81. The van der Waals surface area contributed by atoms with Crippen molar-refractivity contribution in [3.05, 3.63) is 68.1 Å². The monoisotopic (exact) mass is 596 g/mol. The predicted molar refractivity (Wildman–Crippen MR) is 145 cm³/mol. The van der Waals surface area contributed by atoms with Gasteiger partial charge >= 0.3 is 0 Å². The van der Waals surface area contributed by atoms with Gasteiger partial charge in [0.1, 0.15) is 18.1 Å². The molecule has 2 unspecified atom stereocenters. The van der Waals surface area contributed by atoms with Crippen molar-refractivity contribution in [3.63, 3.8) is 0 Å². The molecule has 39 heavy (non-hydrogen) atoms. The zero-order valence-corrected chi connectivity index (χ0v) is 23.6. The number of azide groups is 1. The van der Waals surface area contributed by atoms with Gasteiger partial charge in [-0.2, -0.15) is 8.42 Å². The molecule has 2 atom stereocenters. The third-order valence-corrected chi connectivity index (χ3v) is 7.55. The van der Waals surface area contributed by atoms with E-state index in [2.05, 4.69) is 10.0 Å². The number of hydrogen-bond acceptors (Lipinski definition) is 9. The number of nitrogens with zero attached hydrogens (tertiary/aromatic N) is 4. The van der Waals surface area contributed by atoms with Gasteiger partial charge in [-0.25, -0.2) is 0 Å². The molecule has 2 aromatic rings. The third-order valence-electron chi connectivity index (χ3n) is 6.62. The molecule has 0 saturated carbocycles. The van der Waals surface area contributed by atoms with E-state index >= 15 is 0 Å². The van der Waals surface area contributed by atoms with Crippen LogP contribution in [0.2, 0.25) is 0 Å². The molecule has 0 amide bonds. The number of rotatable bonds is 12. The molecular formula is C25H26Cl2N4O7S. The first-order valence-electron chi connectivity index (χ1n) is 12.0. The van der Waals surface area contributed by atoms with E-state index < -0.39 is 33.8 Å². The van der Waals surface area contributed by atoms with Crippen LogP contribution < -0.4 is 9.47 Å². The molecule has 0 N–H and O–H groups in total. The Bertz CT molecular complexity index is 1450. The number of carbonyl (C=O) groups excluding carboxylic acids is 2. The van der Waals surface area contributed by atoms with E-state index in [-0.39, 0.29) is 41.0 Å². The average molecular weight is 597 g/mol. The third kappa shape index (κ3) is 6.01. The number of hydrogen-bond donors (Lipinski definition) is 0. The highest BCUT2D eigenvalue weighted by Crippen LogP contribution is 2.47. The fourth-order valence-corrected chi connectivity index (χ4v) is 6.09. The van der Waals surface area contributed by atoms with Crippen LogP contribution in [0.25, 0.3) is 10.4 Å². The molecule has 14 heteroatoms. The Labute approximate surface area is 235 Å². The Hall–Kier alpha value is -2.86. The summed E-state index contributed by atoms with van der Waals surface area (Å²) in [4.78, 5) is 32.2. The number of benzene rings is 2. The Kier molecular flexibility index (Phi) is 9.05. The van der Waals surface area contributed by atoms with Crippen molar-refractivity contribution in [2.24, 2.45) is 5.11 Å². The minimum Gasteiger partial charge on any atom is -0.497 e. The summed E-state index contributed by atoms with van der Waals surface area (Å²) in [6, 6.07) is 4.94. The van der Waals surface area contributed by atoms with E-state index in [1.807, 2.05) is 4.90 Å². The van der Waals surface area contributed by atoms with E-state index in [0.717, 1.165) is 6.26 Å². The van der Waals surface area contributed by atoms with Crippen LogP contribution >= 0.6 is 23.2 Å². The highest BCUT2D eigenvalue weighted by atomic mass is 35.5. The van der Waals surface area contributed by atoms with E-state index in [1.165, 1.54) is 25.3 Å². The van der Waals surface area contributed by atoms with E-state index in [4.69, 9.17) is 36.9 Å². The smallest absolute Gasteiger partial charge is 0.264 e. The Morgan fingerprint density at radius 2 is 1.79 bits per heavy atom. The van der Waals surface area contributed by atoms with Gasteiger partial charge in [-0.1, -0.05) is 5.11 Å². The molecule has 4 rings (SSSR count). The normalized spacial score (nSPS) is 17.9. The maximum Gasteiger partial charge on any atom is 0.264 e. The van der Waals surface area contributed by atoms with Crippen LogP contribution in [0.15, 0.2) is 29.4 Å². The molecule has 0 radical (unpaired) electrons. The lowest BCUT2D eigenvalue weighted by molar-refractivity contribution is 0.0977. The highest BCUT2D eigenvalue weighted by Gasteiger charge is 2.44. The van der Waals surface area contributed by atoms with Crippen LogP contribution in [0.1, 0.15) is 49.0 Å². The molecule has 0 spiro atoms. The summed E-state index contributed by atoms with van der Waals surface area (Å²) in [5.41, 5.74) is 10.5. The van der Waals surface area contributed by atoms with Crippen LogP contribution in [0.5, 0.6) is 11.5 Å². The number of carbonyl (C=O) groups is 2. The first kappa shape index (κ1) is 29.1. The standard InChI is InChI=1S/C25H26Cl2N4O7S/c1-36-14-3-4-15-16(11-14)24(32)18-13-19(37-10-9-31(7-5-26)8-6-27)22-17(21(18)25(15)33)12-20(23(22)29-30-28)38-39(2,34)35/h3-4,11,13,20,23H,5-10,12H2,1-2H3. The first-order valence-corrected chi connectivity index (χ1v) is 14.9. The fourth-order valence-electron chi connectivity index (χ4n) is 4.99. The number of halogens is 2. The number of methoxy groups -OCH3 is 1. The molecule has 208 valence electrons. The maximum atomic E-state index is 13.7. The molecule has 0 heterocycles. The zero-order valence-electron chi connectivity index (χ0n) is 21.2. The lowest BCUT2D eigenvalue weighted by atomic mass is 9.80. The van der Waals surface area contributed by atoms with Gasteiger partial charge < -0.3 is 9.47 Å². The summed E-state index contributed by atoms with van der Waals surface area (Å²) < 4.78 is 40.7. The van der Waals surface area contributed by atoms with Gasteiger partial charge in [-0.15, -0.1) is 23.2 Å². The largest absolute Gasteiger partial charge is 0.497 e. The lowest BCUT2D eigenvalue weighted by Crippen LogP contribution is -2.32. The minimum absolute atomic E-state index is 0.0826. The number of ketones is 2. The van der Waals surface area contributed by atoms with Gasteiger partial charge in [0.05, 0.1) is 25.5 Å². The molecule has 0 aromatic heterocycles. The summed E-state index contributed by atoms with van der Waals surface area (Å²) in [6.07, 6.45) is -0.318. The first-order chi connectivity index (χ1) is 18.6. The van der Waals surface area contributed by atoms with E-state index in [0.29, 0.717) is 48.3 Å². The molecule has 2 aromatic carbocycles. The van der Waals surface area contributed by atoms with Crippen molar-refractivity contribution in [1.29, 1.82) is 0 Å². The van der Waals surface area contributed by atoms with Crippen LogP contribution in [0, 0.1) is 0 Å². The Balaban J connectivity index is 1.84. The second-order valence-corrected chi connectivity index (χ2v) is 11.4. The van der Waals surface area contributed by atoms with Crippen molar-refractivity contribution in [2.45, 2.75) is 18.6 Å². The van der Waals surface area contributed by atoms with Crippen molar-refractivity contribution >= 4 is 44.9 Å². The minimum atomic E-state index is -3.95. The average Bonchev–Trinajstić information content (AvgIpc) is 3.23. The molecule has 0 bridgehead atoms. The molecule has 0 saturated heterocycles. The molecule has 11 nitrogen and oxygen atoms in total. The van der Waals surface area contributed by atoms with Crippen LogP contribution in [0.4, 0.5) is 0 Å². The molecule has 2 aliphatic rings. The van der Waals surface area contributed by atoms with Gasteiger partial charge in [0.2, 0.25) is 0 Å². The van der Waals surface area contributed by atoms with Gasteiger partial charge in [-0.3, -0.25) is 18.7 Å². The van der Waals surface area contributed by atoms with Crippen LogP contribution in [-0.2, 0) is 20.7 Å². The summed E-state index contributed by atoms with van der Waals surface area (Å²) in [6.45, 7) is 1.77. The SMILES string of the molecule is COc1ccc2c(c1)C(=O)c1cc(OCCN(CCCl)CCCl)c3c(c1C2=O)CC(OS(C)(=O)=O)C3N=[N+]=[N-].